The minimum atomic E-state index is -2.99. The number of hydrogen-bond acceptors (Lipinski definition) is 8. The number of benzene rings is 3. The van der Waals surface area contributed by atoms with E-state index >= 15 is 0 Å². The normalized spacial score (nSPS) is 11.5. The lowest BCUT2D eigenvalue weighted by atomic mass is 10.1. The summed E-state index contributed by atoms with van der Waals surface area (Å²) in [6.45, 7) is 1.50. The Hall–Kier alpha value is -3.69. The van der Waals surface area contributed by atoms with Crippen LogP contribution in [0.25, 0.3) is 22.3 Å². The molecule has 0 aliphatic carbocycles. The van der Waals surface area contributed by atoms with Gasteiger partial charge in [0.15, 0.2) is 5.82 Å². The van der Waals surface area contributed by atoms with Gasteiger partial charge in [-0.15, -0.1) is 0 Å². The molecule has 188 valence electrons. The largest absolute Gasteiger partial charge is 0.496 e. The number of sulfone groups is 1. The van der Waals surface area contributed by atoms with Crippen molar-refractivity contribution in [2.24, 2.45) is 0 Å². The van der Waals surface area contributed by atoms with E-state index in [4.69, 9.17) is 20.2 Å². The monoisotopic (exact) mass is 506 g/mol. The molecule has 36 heavy (non-hydrogen) atoms. The number of nitrogens with zero attached hydrogens (tertiary/aromatic N) is 2. The molecule has 3 aromatic carbocycles. The Bertz CT molecular complexity index is 1430. The number of hydrogen-bond donors (Lipinski definition) is 2. The third-order valence-electron chi connectivity index (χ3n) is 5.71. The maximum absolute atomic E-state index is 11.3. The molecule has 1 heterocycles. The predicted molar refractivity (Wildman–Crippen MR) is 143 cm³/mol. The molecule has 8 nitrogen and oxygen atoms in total. The first-order valence-electron chi connectivity index (χ1n) is 11.6. The molecule has 0 amide bonds. The second-order valence-electron chi connectivity index (χ2n) is 8.54. The lowest BCUT2D eigenvalue weighted by Crippen LogP contribution is -2.24. The van der Waals surface area contributed by atoms with Gasteiger partial charge >= 0.3 is 0 Å². The Balaban J connectivity index is 1.50. The molecular weight excluding hydrogens is 476 g/mol. The van der Waals surface area contributed by atoms with Crippen molar-refractivity contribution in [3.8, 4) is 22.9 Å². The van der Waals surface area contributed by atoms with Gasteiger partial charge in [-0.05, 0) is 60.5 Å². The van der Waals surface area contributed by atoms with E-state index in [1.54, 1.807) is 7.11 Å². The summed E-state index contributed by atoms with van der Waals surface area (Å²) in [7, 11) is -1.39. The second kappa shape index (κ2) is 11.4. The fraction of sp³-hybridized carbons (Fsp3) is 0.259. The van der Waals surface area contributed by atoms with E-state index in [0.29, 0.717) is 54.4 Å². The van der Waals surface area contributed by atoms with Crippen molar-refractivity contribution in [3.05, 3.63) is 77.9 Å². The van der Waals surface area contributed by atoms with Gasteiger partial charge in [0.05, 0.1) is 18.4 Å². The first-order valence-corrected chi connectivity index (χ1v) is 13.7. The van der Waals surface area contributed by atoms with Crippen LogP contribution < -0.4 is 20.5 Å². The summed E-state index contributed by atoms with van der Waals surface area (Å²) in [5.41, 5.74) is 9.89. The molecule has 0 aliphatic heterocycles. The summed E-state index contributed by atoms with van der Waals surface area (Å²) < 4.78 is 34.0. The number of fused-ring (bicyclic) bond motifs is 1. The summed E-state index contributed by atoms with van der Waals surface area (Å²) in [5.74, 6) is 2.44. The molecule has 0 radical (unpaired) electrons. The SMILES string of the molecule is COc1cc2c(N)nc(-c3ccc(OCc4ccccc4)cc3)nc2cc1CCNCCS(C)(=O)=O. The van der Waals surface area contributed by atoms with Crippen molar-refractivity contribution in [1.82, 2.24) is 15.3 Å². The quantitative estimate of drug-likeness (QED) is 0.296. The molecule has 1 aromatic heterocycles. The van der Waals surface area contributed by atoms with E-state index in [1.165, 1.54) is 6.26 Å². The van der Waals surface area contributed by atoms with Crippen LogP contribution in [0.5, 0.6) is 11.5 Å². The molecule has 9 heteroatoms. The van der Waals surface area contributed by atoms with E-state index in [2.05, 4.69) is 10.3 Å². The van der Waals surface area contributed by atoms with Gasteiger partial charge < -0.3 is 20.5 Å². The van der Waals surface area contributed by atoms with E-state index in [9.17, 15) is 8.42 Å². The molecule has 0 atom stereocenters. The lowest BCUT2D eigenvalue weighted by molar-refractivity contribution is 0.306. The molecule has 0 saturated carbocycles. The Morgan fingerprint density at radius 1 is 0.972 bits per heavy atom. The van der Waals surface area contributed by atoms with Crippen LogP contribution in [0.4, 0.5) is 5.82 Å². The van der Waals surface area contributed by atoms with Crippen molar-refractivity contribution in [1.29, 1.82) is 0 Å². The number of anilines is 1. The fourth-order valence-corrected chi connectivity index (χ4v) is 4.30. The topological polar surface area (TPSA) is 116 Å². The number of nitrogens with one attached hydrogen (secondary N) is 1. The van der Waals surface area contributed by atoms with Gasteiger partial charge in [0.1, 0.15) is 33.8 Å². The van der Waals surface area contributed by atoms with Crippen molar-refractivity contribution >= 4 is 26.6 Å². The third-order valence-corrected chi connectivity index (χ3v) is 6.65. The Morgan fingerprint density at radius 2 is 1.72 bits per heavy atom. The predicted octanol–water partition coefficient (Wildman–Crippen LogP) is 3.64. The van der Waals surface area contributed by atoms with Gasteiger partial charge in [0, 0.05) is 23.8 Å². The van der Waals surface area contributed by atoms with E-state index in [-0.39, 0.29) is 5.75 Å². The molecule has 4 rings (SSSR count). The highest BCUT2D eigenvalue weighted by atomic mass is 32.2. The molecule has 0 spiro atoms. The summed E-state index contributed by atoms with van der Waals surface area (Å²) in [4.78, 5) is 9.27. The second-order valence-corrected chi connectivity index (χ2v) is 10.8. The van der Waals surface area contributed by atoms with Gasteiger partial charge in [-0.25, -0.2) is 18.4 Å². The number of rotatable bonds is 11. The smallest absolute Gasteiger partial charge is 0.162 e. The van der Waals surface area contributed by atoms with Gasteiger partial charge in [0.2, 0.25) is 0 Å². The zero-order valence-corrected chi connectivity index (χ0v) is 21.2. The number of nitrogens with two attached hydrogens (primary N) is 1. The highest BCUT2D eigenvalue weighted by Crippen LogP contribution is 2.30. The van der Waals surface area contributed by atoms with E-state index in [1.807, 2.05) is 66.7 Å². The van der Waals surface area contributed by atoms with Crippen LogP contribution in [0.15, 0.2) is 66.7 Å². The Morgan fingerprint density at radius 3 is 2.42 bits per heavy atom. The first-order chi connectivity index (χ1) is 17.3. The van der Waals surface area contributed by atoms with Crippen molar-refractivity contribution < 1.29 is 17.9 Å². The summed E-state index contributed by atoms with van der Waals surface area (Å²) >= 11 is 0. The van der Waals surface area contributed by atoms with Gasteiger partial charge in [0.25, 0.3) is 0 Å². The number of nitrogen functional groups attached to an aromatic ring is 1. The van der Waals surface area contributed by atoms with Gasteiger partial charge in [-0.2, -0.15) is 0 Å². The highest BCUT2D eigenvalue weighted by Gasteiger charge is 2.13. The van der Waals surface area contributed by atoms with Crippen molar-refractivity contribution in [3.63, 3.8) is 0 Å². The summed E-state index contributed by atoms with van der Waals surface area (Å²) in [5, 5.41) is 3.88. The van der Waals surface area contributed by atoms with Crippen molar-refractivity contribution in [2.75, 3.05) is 37.9 Å². The maximum Gasteiger partial charge on any atom is 0.162 e. The number of aromatic nitrogens is 2. The van der Waals surface area contributed by atoms with Crippen LogP contribution in [0.2, 0.25) is 0 Å². The molecule has 0 bridgehead atoms. The van der Waals surface area contributed by atoms with Crippen LogP contribution >= 0.6 is 0 Å². The van der Waals surface area contributed by atoms with Gasteiger partial charge in [-0.3, -0.25) is 0 Å². The lowest BCUT2D eigenvalue weighted by Gasteiger charge is -2.13. The first kappa shape index (κ1) is 25.4. The Labute approximate surface area is 211 Å². The minimum Gasteiger partial charge on any atom is -0.496 e. The Kier molecular flexibility index (Phi) is 8.02. The molecule has 0 unspecified atom stereocenters. The molecule has 0 saturated heterocycles. The number of ether oxygens (including phenoxy) is 2. The molecule has 4 aromatic rings. The average Bonchev–Trinajstić information content (AvgIpc) is 2.87. The zero-order chi connectivity index (χ0) is 25.5. The van der Waals surface area contributed by atoms with Crippen LogP contribution in [-0.2, 0) is 22.9 Å². The summed E-state index contributed by atoms with van der Waals surface area (Å²) in [6, 6.07) is 21.4. The fourth-order valence-electron chi connectivity index (χ4n) is 3.78. The standard InChI is InChI=1S/C27H30N4O4S/c1-34-25-17-23-24(16-21(25)12-13-29-14-15-36(2,32)33)30-27(31-26(23)28)20-8-10-22(11-9-20)35-18-19-6-4-3-5-7-19/h3-11,16-17,29H,12-15,18H2,1-2H3,(H2,28,30,31). The summed E-state index contributed by atoms with van der Waals surface area (Å²) in [6.07, 6.45) is 1.88. The molecule has 0 aliphatic rings. The van der Waals surface area contributed by atoms with Crippen LogP contribution in [0.3, 0.4) is 0 Å². The molecule has 3 N–H and O–H groups in total. The van der Waals surface area contributed by atoms with Gasteiger partial charge in [-0.1, -0.05) is 30.3 Å². The van der Waals surface area contributed by atoms with E-state index < -0.39 is 9.84 Å². The number of methoxy groups -OCH3 is 1. The third kappa shape index (κ3) is 6.71. The zero-order valence-electron chi connectivity index (χ0n) is 20.4. The molecule has 0 fully saturated rings. The van der Waals surface area contributed by atoms with Crippen LogP contribution in [-0.4, -0.2) is 50.6 Å². The van der Waals surface area contributed by atoms with Crippen LogP contribution in [0, 0.1) is 0 Å². The minimum absolute atomic E-state index is 0.102. The maximum atomic E-state index is 11.3. The molecular formula is C27H30N4O4S. The van der Waals surface area contributed by atoms with Crippen molar-refractivity contribution in [2.45, 2.75) is 13.0 Å². The average molecular weight is 507 g/mol. The highest BCUT2D eigenvalue weighted by molar-refractivity contribution is 7.90. The van der Waals surface area contributed by atoms with E-state index in [0.717, 1.165) is 22.4 Å². The van der Waals surface area contributed by atoms with Crippen LogP contribution in [0.1, 0.15) is 11.1 Å².